The highest BCUT2D eigenvalue weighted by Gasteiger charge is 2.20. The minimum absolute atomic E-state index is 0.392. The summed E-state index contributed by atoms with van der Waals surface area (Å²) in [6.07, 6.45) is 6.15. The molecule has 5 heteroatoms. The van der Waals surface area contributed by atoms with Gasteiger partial charge in [-0.25, -0.2) is 4.98 Å². The fourth-order valence-corrected chi connectivity index (χ4v) is 1.67. The Hall–Kier alpha value is -1.41. The zero-order chi connectivity index (χ0) is 11.9. The van der Waals surface area contributed by atoms with E-state index in [0.717, 1.165) is 32.4 Å². The summed E-state index contributed by atoms with van der Waals surface area (Å²) in [5.41, 5.74) is -0.392. The molecule has 0 amide bonds. The molecule has 0 aliphatic rings. The van der Waals surface area contributed by atoms with Gasteiger partial charge in [0.05, 0.1) is 6.07 Å². The monoisotopic (exact) mass is 221 g/mol. The van der Waals surface area contributed by atoms with Gasteiger partial charge in [-0.05, 0) is 32.7 Å². The standard InChI is InChI=1S/C11H19N5/c1-3-14-11(2,8-12)6-4-5-7-16-10-13-9-15-16/h9-10,14H,3-7H2,1-2H3. The van der Waals surface area contributed by atoms with E-state index in [-0.39, 0.29) is 0 Å². The maximum atomic E-state index is 9.06. The molecule has 1 aromatic heterocycles. The van der Waals surface area contributed by atoms with Crippen molar-refractivity contribution in [2.75, 3.05) is 6.54 Å². The van der Waals surface area contributed by atoms with Crippen molar-refractivity contribution in [2.45, 2.75) is 45.2 Å². The lowest BCUT2D eigenvalue weighted by atomic mass is 9.96. The van der Waals surface area contributed by atoms with Gasteiger partial charge in [0.25, 0.3) is 0 Å². The summed E-state index contributed by atoms with van der Waals surface area (Å²) in [5.74, 6) is 0. The Labute approximate surface area is 96.5 Å². The maximum absolute atomic E-state index is 9.06. The molecule has 1 N–H and O–H groups in total. The van der Waals surface area contributed by atoms with Gasteiger partial charge in [-0.3, -0.25) is 10.00 Å². The van der Waals surface area contributed by atoms with E-state index >= 15 is 0 Å². The van der Waals surface area contributed by atoms with Gasteiger partial charge >= 0.3 is 0 Å². The molecular weight excluding hydrogens is 202 g/mol. The molecule has 0 aliphatic heterocycles. The average molecular weight is 221 g/mol. The van der Waals surface area contributed by atoms with Crippen molar-refractivity contribution in [1.82, 2.24) is 20.1 Å². The average Bonchev–Trinajstić information content (AvgIpc) is 2.78. The molecule has 16 heavy (non-hydrogen) atoms. The Kier molecular flexibility index (Phi) is 4.93. The SMILES string of the molecule is CCNC(C)(C#N)CCCCn1cncn1. The lowest BCUT2D eigenvalue weighted by Gasteiger charge is -2.22. The zero-order valence-corrected chi connectivity index (χ0v) is 9.98. The van der Waals surface area contributed by atoms with Crippen molar-refractivity contribution in [3.8, 4) is 6.07 Å². The number of nitrogens with one attached hydrogen (secondary N) is 1. The first-order valence-electron chi connectivity index (χ1n) is 5.69. The van der Waals surface area contributed by atoms with Crippen LogP contribution in [0.4, 0.5) is 0 Å². The summed E-state index contributed by atoms with van der Waals surface area (Å²) in [7, 11) is 0. The fourth-order valence-electron chi connectivity index (χ4n) is 1.67. The largest absolute Gasteiger partial charge is 0.300 e. The first kappa shape index (κ1) is 12.7. The molecule has 5 nitrogen and oxygen atoms in total. The smallest absolute Gasteiger partial charge is 0.137 e. The number of unbranched alkanes of at least 4 members (excludes halogenated alkanes) is 1. The highest BCUT2D eigenvalue weighted by molar-refractivity contribution is 5.03. The number of nitriles is 1. The van der Waals surface area contributed by atoms with E-state index in [1.54, 1.807) is 6.33 Å². The Bertz CT molecular complexity index is 327. The Morgan fingerprint density at radius 3 is 2.88 bits per heavy atom. The first-order valence-corrected chi connectivity index (χ1v) is 5.69. The van der Waals surface area contributed by atoms with Gasteiger partial charge in [0, 0.05) is 6.54 Å². The molecule has 0 aliphatic carbocycles. The highest BCUT2D eigenvalue weighted by atomic mass is 15.3. The van der Waals surface area contributed by atoms with Crippen LogP contribution < -0.4 is 5.32 Å². The molecule has 1 unspecified atom stereocenters. The van der Waals surface area contributed by atoms with Crippen molar-refractivity contribution >= 4 is 0 Å². The molecule has 0 aromatic carbocycles. The molecular formula is C11H19N5. The summed E-state index contributed by atoms with van der Waals surface area (Å²) in [6.45, 7) is 5.66. The predicted molar refractivity (Wildman–Crippen MR) is 61.6 cm³/mol. The van der Waals surface area contributed by atoms with Crippen LogP contribution in [0.5, 0.6) is 0 Å². The van der Waals surface area contributed by atoms with E-state index < -0.39 is 5.54 Å². The van der Waals surface area contributed by atoms with Crippen molar-refractivity contribution in [1.29, 1.82) is 5.26 Å². The first-order chi connectivity index (χ1) is 7.70. The van der Waals surface area contributed by atoms with Crippen molar-refractivity contribution < 1.29 is 0 Å². The Morgan fingerprint density at radius 1 is 1.50 bits per heavy atom. The van der Waals surface area contributed by atoms with Crippen LogP contribution in [-0.2, 0) is 6.54 Å². The summed E-state index contributed by atoms with van der Waals surface area (Å²) < 4.78 is 1.82. The summed E-state index contributed by atoms with van der Waals surface area (Å²) in [6, 6.07) is 2.33. The highest BCUT2D eigenvalue weighted by Crippen LogP contribution is 2.12. The maximum Gasteiger partial charge on any atom is 0.137 e. The minimum atomic E-state index is -0.392. The number of hydrogen-bond donors (Lipinski definition) is 1. The van der Waals surface area contributed by atoms with Crippen LogP contribution in [0, 0.1) is 11.3 Å². The van der Waals surface area contributed by atoms with Gasteiger partial charge in [-0.15, -0.1) is 0 Å². The van der Waals surface area contributed by atoms with Gasteiger partial charge in [-0.2, -0.15) is 10.4 Å². The third-order valence-corrected chi connectivity index (χ3v) is 2.59. The molecule has 0 spiro atoms. The van der Waals surface area contributed by atoms with Crippen LogP contribution >= 0.6 is 0 Å². The molecule has 0 bridgehead atoms. The molecule has 0 radical (unpaired) electrons. The van der Waals surface area contributed by atoms with Crippen molar-refractivity contribution in [2.24, 2.45) is 0 Å². The lowest BCUT2D eigenvalue weighted by Crippen LogP contribution is -2.40. The molecule has 88 valence electrons. The number of rotatable bonds is 7. The number of hydrogen-bond acceptors (Lipinski definition) is 4. The molecule has 0 fully saturated rings. The van der Waals surface area contributed by atoms with Gasteiger partial charge < -0.3 is 0 Å². The topological polar surface area (TPSA) is 66.5 Å². The van der Waals surface area contributed by atoms with E-state index in [1.807, 2.05) is 18.5 Å². The second kappa shape index (κ2) is 6.23. The zero-order valence-electron chi connectivity index (χ0n) is 9.98. The Morgan fingerprint density at radius 2 is 2.31 bits per heavy atom. The van der Waals surface area contributed by atoms with Crippen LogP contribution in [0.3, 0.4) is 0 Å². The molecule has 1 atom stereocenters. The third-order valence-electron chi connectivity index (χ3n) is 2.59. The normalized spacial score (nSPS) is 14.3. The number of aryl methyl sites for hydroxylation is 1. The van der Waals surface area contributed by atoms with Crippen LogP contribution in [0.1, 0.15) is 33.1 Å². The van der Waals surface area contributed by atoms with Crippen LogP contribution in [-0.4, -0.2) is 26.8 Å². The predicted octanol–water partition coefficient (Wildman–Crippen LogP) is 1.34. The van der Waals surface area contributed by atoms with Gasteiger partial charge in [-0.1, -0.05) is 6.92 Å². The van der Waals surface area contributed by atoms with Gasteiger partial charge in [0.1, 0.15) is 18.2 Å². The van der Waals surface area contributed by atoms with Gasteiger partial charge in [0.2, 0.25) is 0 Å². The number of aromatic nitrogens is 3. The van der Waals surface area contributed by atoms with E-state index in [0.29, 0.717) is 0 Å². The van der Waals surface area contributed by atoms with E-state index in [1.165, 1.54) is 6.33 Å². The Balaban J connectivity index is 2.21. The molecule has 1 rings (SSSR count). The fraction of sp³-hybridized carbons (Fsp3) is 0.727. The minimum Gasteiger partial charge on any atom is -0.300 e. The third kappa shape index (κ3) is 3.99. The molecule has 1 aromatic rings. The molecule has 0 saturated heterocycles. The lowest BCUT2D eigenvalue weighted by molar-refractivity contribution is 0.401. The number of nitrogens with zero attached hydrogens (tertiary/aromatic N) is 4. The summed E-state index contributed by atoms with van der Waals surface area (Å²) in [5, 5.41) is 16.3. The van der Waals surface area contributed by atoms with Crippen molar-refractivity contribution in [3.63, 3.8) is 0 Å². The quantitative estimate of drug-likeness (QED) is 0.706. The van der Waals surface area contributed by atoms with E-state index in [4.69, 9.17) is 5.26 Å². The van der Waals surface area contributed by atoms with Crippen LogP contribution in [0.15, 0.2) is 12.7 Å². The molecule has 0 saturated carbocycles. The van der Waals surface area contributed by atoms with Crippen LogP contribution in [0.25, 0.3) is 0 Å². The van der Waals surface area contributed by atoms with Gasteiger partial charge in [0.15, 0.2) is 0 Å². The summed E-state index contributed by atoms with van der Waals surface area (Å²) >= 11 is 0. The second-order valence-electron chi connectivity index (χ2n) is 4.09. The summed E-state index contributed by atoms with van der Waals surface area (Å²) in [4.78, 5) is 3.88. The van der Waals surface area contributed by atoms with E-state index in [9.17, 15) is 0 Å². The van der Waals surface area contributed by atoms with E-state index in [2.05, 4.69) is 21.5 Å². The second-order valence-corrected chi connectivity index (χ2v) is 4.09. The van der Waals surface area contributed by atoms with Crippen LogP contribution in [0.2, 0.25) is 0 Å². The van der Waals surface area contributed by atoms with Crippen molar-refractivity contribution in [3.05, 3.63) is 12.7 Å². The molecule has 1 heterocycles.